The molecule has 1 aliphatic heterocycles. The normalized spacial score (nSPS) is 17.8. The summed E-state index contributed by atoms with van der Waals surface area (Å²) in [5.41, 5.74) is 1.46. The molecule has 1 atom stereocenters. The second-order valence-electron chi connectivity index (χ2n) is 7.72. The Labute approximate surface area is 180 Å². The molecule has 1 aliphatic rings. The van der Waals surface area contributed by atoms with E-state index >= 15 is 0 Å². The first-order valence-electron chi connectivity index (χ1n) is 10.0. The predicted molar refractivity (Wildman–Crippen MR) is 117 cm³/mol. The van der Waals surface area contributed by atoms with Gasteiger partial charge >= 0.3 is 0 Å². The van der Waals surface area contributed by atoms with Crippen molar-refractivity contribution in [2.75, 3.05) is 12.0 Å². The van der Waals surface area contributed by atoms with E-state index in [1.807, 2.05) is 36.4 Å². The minimum absolute atomic E-state index is 0.255. The number of methoxy groups -OCH3 is 1. The third kappa shape index (κ3) is 3.77. The maximum absolute atomic E-state index is 13.5. The number of nitrogens with one attached hydrogen (secondary N) is 1. The summed E-state index contributed by atoms with van der Waals surface area (Å²) in [4.78, 5) is 28.4. The molecule has 0 saturated heterocycles. The molecule has 2 amide bonds. The number of halogens is 1. The summed E-state index contributed by atoms with van der Waals surface area (Å²) in [5, 5.41) is 2.96. The van der Waals surface area contributed by atoms with Crippen molar-refractivity contribution in [2.45, 2.75) is 25.4 Å². The van der Waals surface area contributed by atoms with Crippen LogP contribution >= 0.6 is 0 Å². The van der Waals surface area contributed by atoms with E-state index in [4.69, 9.17) is 4.74 Å². The second kappa shape index (κ2) is 8.22. The Morgan fingerprint density at radius 1 is 1.06 bits per heavy atom. The molecule has 158 valence electrons. The quantitative estimate of drug-likeness (QED) is 0.678. The monoisotopic (exact) mass is 418 g/mol. The maximum atomic E-state index is 13.5. The van der Waals surface area contributed by atoms with Crippen molar-refractivity contribution in [3.63, 3.8) is 0 Å². The van der Waals surface area contributed by atoms with E-state index in [1.54, 1.807) is 26.2 Å². The summed E-state index contributed by atoms with van der Waals surface area (Å²) in [6.45, 7) is 1.99. The summed E-state index contributed by atoms with van der Waals surface area (Å²) in [5.74, 6) is -0.321. The predicted octanol–water partition coefficient (Wildman–Crippen LogP) is 4.11. The molecule has 0 bridgehead atoms. The number of hydrogen-bond acceptors (Lipinski definition) is 3. The third-order valence-corrected chi connectivity index (χ3v) is 5.68. The third-order valence-electron chi connectivity index (χ3n) is 5.68. The van der Waals surface area contributed by atoms with Crippen molar-refractivity contribution < 1.29 is 18.7 Å². The largest absolute Gasteiger partial charge is 0.496 e. The van der Waals surface area contributed by atoms with Crippen LogP contribution in [-0.4, -0.2) is 24.5 Å². The van der Waals surface area contributed by atoms with E-state index in [-0.39, 0.29) is 18.4 Å². The number of anilines is 1. The van der Waals surface area contributed by atoms with Crippen LogP contribution in [0.25, 0.3) is 0 Å². The van der Waals surface area contributed by atoms with E-state index in [0.717, 1.165) is 11.1 Å². The molecule has 6 heteroatoms. The number of nitrogens with zero attached hydrogens (tertiary/aromatic N) is 1. The van der Waals surface area contributed by atoms with E-state index in [2.05, 4.69) is 5.32 Å². The fourth-order valence-corrected chi connectivity index (χ4v) is 4.07. The molecule has 3 aromatic rings. The van der Waals surface area contributed by atoms with Crippen molar-refractivity contribution >= 4 is 17.5 Å². The number of benzene rings is 3. The molecule has 5 nitrogen and oxygen atoms in total. The van der Waals surface area contributed by atoms with Gasteiger partial charge < -0.3 is 10.1 Å². The molecule has 0 aliphatic carbocycles. The summed E-state index contributed by atoms with van der Waals surface area (Å²) in [6, 6.07) is 20.3. The second-order valence-corrected chi connectivity index (χ2v) is 7.72. The molecule has 0 saturated carbocycles. The van der Waals surface area contributed by atoms with E-state index in [1.165, 1.54) is 29.2 Å². The molecular formula is C25H23FN2O3. The summed E-state index contributed by atoms with van der Waals surface area (Å²) < 4.78 is 18.9. The standard InChI is InChI=1S/C25H23FN2O3/c1-25(24(30)27-16-18-8-4-6-10-22(18)31-2)15-17-7-3-5-9-21(17)23(29)28(25)20-13-11-19(26)12-14-20/h3-14H,15-16H2,1-2H3,(H,27,30). The highest BCUT2D eigenvalue weighted by Crippen LogP contribution is 2.35. The summed E-state index contributed by atoms with van der Waals surface area (Å²) >= 11 is 0. The van der Waals surface area contributed by atoms with Gasteiger partial charge in [0.05, 0.1) is 7.11 Å². The van der Waals surface area contributed by atoms with Gasteiger partial charge in [-0.25, -0.2) is 4.39 Å². The molecular weight excluding hydrogens is 395 g/mol. The number of ether oxygens (including phenoxy) is 1. The average Bonchev–Trinajstić information content (AvgIpc) is 2.79. The van der Waals surface area contributed by atoms with Gasteiger partial charge in [0.15, 0.2) is 0 Å². The Bertz CT molecular complexity index is 1130. The molecule has 0 radical (unpaired) electrons. The van der Waals surface area contributed by atoms with Crippen molar-refractivity contribution in [3.05, 3.63) is 95.3 Å². The van der Waals surface area contributed by atoms with Gasteiger partial charge in [0, 0.05) is 29.8 Å². The van der Waals surface area contributed by atoms with Crippen LogP contribution in [0, 0.1) is 5.82 Å². The lowest BCUT2D eigenvalue weighted by Gasteiger charge is -2.44. The van der Waals surface area contributed by atoms with Gasteiger partial charge in [0.25, 0.3) is 5.91 Å². The van der Waals surface area contributed by atoms with Crippen LogP contribution in [-0.2, 0) is 17.8 Å². The maximum Gasteiger partial charge on any atom is 0.259 e. The van der Waals surface area contributed by atoms with Crippen molar-refractivity contribution in [1.29, 1.82) is 0 Å². The van der Waals surface area contributed by atoms with Gasteiger partial charge in [-0.1, -0.05) is 36.4 Å². The smallest absolute Gasteiger partial charge is 0.259 e. The molecule has 3 aromatic carbocycles. The molecule has 0 fully saturated rings. The van der Waals surface area contributed by atoms with Gasteiger partial charge in [-0.15, -0.1) is 0 Å². The van der Waals surface area contributed by atoms with Crippen LogP contribution < -0.4 is 15.0 Å². The number of fused-ring (bicyclic) bond motifs is 1. The van der Waals surface area contributed by atoms with Crippen LogP contribution in [0.4, 0.5) is 10.1 Å². The Kier molecular flexibility index (Phi) is 5.46. The lowest BCUT2D eigenvalue weighted by atomic mass is 9.82. The zero-order valence-corrected chi connectivity index (χ0v) is 17.4. The summed E-state index contributed by atoms with van der Waals surface area (Å²) in [7, 11) is 1.58. The Hall–Kier alpha value is -3.67. The number of carbonyl (C=O) groups excluding carboxylic acids is 2. The lowest BCUT2D eigenvalue weighted by molar-refractivity contribution is -0.126. The van der Waals surface area contributed by atoms with Crippen molar-refractivity contribution in [2.24, 2.45) is 0 Å². The average molecular weight is 418 g/mol. The zero-order valence-electron chi connectivity index (χ0n) is 17.4. The number of hydrogen-bond donors (Lipinski definition) is 1. The Balaban J connectivity index is 1.70. The molecule has 1 heterocycles. The van der Waals surface area contributed by atoms with Crippen LogP contribution in [0.15, 0.2) is 72.8 Å². The first kappa shape index (κ1) is 20.6. The topological polar surface area (TPSA) is 58.6 Å². The van der Waals surface area contributed by atoms with Gasteiger partial charge in [-0.05, 0) is 48.9 Å². The fourth-order valence-electron chi connectivity index (χ4n) is 4.07. The van der Waals surface area contributed by atoms with E-state index in [9.17, 15) is 14.0 Å². The van der Waals surface area contributed by atoms with Gasteiger partial charge in [-0.3, -0.25) is 14.5 Å². The number of carbonyl (C=O) groups is 2. The highest BCUT2D eigenvalue weighted by molar-refractivity contribution is 6.14. The molecule has 31 heavy (non-hydrogen) atoms. The number of amides is 2. The minimum atomic E-state index is -1.19. The molecule has 4 rings (SSSR count). The van der Waals surface area contributed by atoms with Gasteiger partial charge in [-0.2, -0.15) is 0 Å². The van der Waals surface area contributed by atoms with Gasteiger partial charge in [0.2, 0.25) is 5.91 Å². The first-order valence-corrected chi connectivity index (χ1v) is 10.0. The van der Waals surface area contributed by atoms with Crippen molar-refractivity contribution in [3.8, 4) is 5.75 Å². The van der Waals surface area contributed by atoms with Gasteiger partial charge in [0.1, 0.15) is 17.1 Å². The highest BCUT2D eigenvalue weighted by atomic mass is 19.1. The van der Waals surface area contributed by atoms with Crippen LogP contribution in [0.2, 0.25) is 0 Å². The molecule has 1 N–H and O–H groups in total. The zero-order chi connectivity index (χ0) is 22.0. The van der Waals surface area contributed by atoms with Crippen LogP contribution in [0.1, 0.15) is 28.4 Å². The SMILES string of the molecule is COc1ccccc1CNC(=O)C1(C)Cc2ccccc2C(=O)N1c1ccc(F)cc1. The Morgan fingerprint density at radius 2 is 1.74 bits per heavy atom. The first-order chi connectivity index (χ1) is 14.9. The van der Waals surface area contributed by atoms with Crippen LogP contribution in [0.3, 0.4) is 0 Å². The van der Waals surface area contributed by atoms with E-state index in [0.29, 0.717) is 23.4 Å². The molecule has 0 aromatic heterocycles. The summed E-state index contributed by atoms with van der Waals surface area (Å²) in [6.07, 6.45) is 0.337. The van der Waals surface area contributed by atoms with Crippen LogP contribution in [0.5, 0.6) is 5.75 Å². The fraction of sp³-hybridized carbons (Fsp3) is 0.200. The number of para-hydroxylation sites is 1. The van der Waals surface area contributed by atoms with Crippen molar-refractivity contribution in [1.82, 2.24) is 5.32 Å². The molecule has 0 spiro atoms. The lowest BCUT2D eigenvalue weighted by Crippen LogP contribution is -2.63. The number of rotatable bonds is 5. The minimum Gasteiger partial charge on any atom is -0.496 e. The molecule has 1 unspecified atom stereocenters. The van der Waals surface area contributed by atoms with E-state index < -0.39 is 11.4 Å². The Morgan fingerprint density at radius 3 is 2.48 bits per heavy atom. The highest BCUT2D eigenvalue weighted by Gasteiger charge is 2.47.